The fourth-order valence-corrected chi connectivity index (χ4v) is 8.77. The highest BCUT2D eigenvalue weighted by Gasteiger charge is 2.43. The standard InChI is InChI=1S/C26H23F3N2O7S4/c1-13-5-3-7-15(12-40-18(11-20(32)33)23(34)38-25(35)26(27,28)29)21(13)14-6-4-8-16(9-14)42(36,37)19-10-17(22(30)31)41-24(19)39-2/h3-10,18H,11-12H2,1-2H3,(H3,30,31)(H,32,33). The van der Waals surface area contributed by atoms with E-state index in [0.717, 1.165) is 11.3 Å². The molecule has 0 saturated heterocycles. The Labute approximate surface area is 251 Å². The average Bonchev–Trinajstić information content (AvgIpc) is 3.36. The first-order valence-electron chi connectivity index (χ1n) is 11.7. The molecule has 0 aliphatic heterocycles. The topological polar surface area (TPSA) is 165 Å². The molecule has 0 spiro atoms. The molecule has 2 aromatic carbocycles. The summed E-state index contributed by atoms with van der Waals surface area (Å²) in [6.07, 6.45) is -4.63. The number of esters is 2. The summed E-state index contributed by atoms with van der Waals surface area (Å²) in [5.74, 6) is -6.22. The molecule has 9 nitrogen and oxygen atoms in total. The van der Waals surface area contributed by atoms with Crippen molar-refractivity contribution in [2.75, 3.05) is 6.26 Å². The lowest BCUT2D eigenvalue weighted by molar-refractivity contribution is -0.201. The Kier molecular flexibility index (Phi) is 10.5. The molecule has 0 aliphatic rings. The summed E-state index contributed by atoms with van der Waals surface area (Å²) < 4.78 is 69.3. The van der Waals surface area contributed by atoms with E-state index < -0.39 is 45.6 Å². The van der Waals surface area contributed by atoms with Gasteiger partial charge in [-0.25, -0.2) is 13.2 Å². The van der Waals surface area contributed by atoms with Gasteiger partial charge in [0.25, 0.3) is 0 Å². The number of ether oxygens (including phenoxy) is 1. The predicted octanol–water partition coefficient (Wildman–Crippen LogP) is 5.27. The summed E-state index contributed by atoms with van der Waals surface area (Å²) in [4.78, 5) is 34.9. The number of rotatable bonds is 11. The summed E-state index contributed by atoms with van der Waals surface area (Å²) in [6.45, 7) is 1.75. The van der Waals surface area contributed by atoms with Crippen LogP contribution in [-0.2, 0) is 34.7 Å². The molecular weight excluding hydrogens is 638 g/mol. The van der Waals surface area contributed by atoms with E-state index in [9.17, 15) is 36.0 Å². The van der Waals surface area contributed by atoms with Crippen molar-refractivity contribution >= 4 is 68.4 Å². The summed E-state index contributed by atoms with van der Waals surface area (Å²) in [7, 11) is -4.04. The molecule has 224 valence electrons. The molecule has 0 fully saturated rings. The molecule has 1 aromatic heterocycles. The van der Waals surface area contributed by atoms with Crippen LogP contribution in [0.4, 0.5) is 13.2 Å². The molecule has 0 aliphatic carbocycles. The van der Waals surface area contributed by atoms with Crippen molar-refractivity contribution in [3.8, 4) is 11.1 Å². The van der Waals surface area contributed by atoms with Crippen molar-refractivity contribution in [2.45, 2.75) is 44.5 Å². The van der Waals surface area contributed by atoms with Gasteiger partial charge in [0, 0.05) is 5.75 Å². The summed E-state index contributed by atoms with van der Waals surface area (Å²) in [5, 5.41) is 15.2. The largest absolute Gasteiger partial charge is 0.491 e. The maximum Gasteiger partial charge on any atom is 0.491 e. The molecule has 0 radical (unpaired) electrons. The maximum atomic E-state index is 13.6. The van der Waals surface area contributed by atoms with Gasteiger partial charge in [0.1, 0.15) is 11.1 Å². The zero-order valence-electron chi connectivity index (χ0n) is 21.9. The number of thiophene rings is 1. The molecule has 3 rings (SSSR count). The van der Waals surface area contributed by atoms with E-state index in [1.54, 1.807) is 37.4 Å². The fraction of sp³-hybridized carbons (Fsp3) is 0.231. The van der Waals surface area contributed by atoms with Crippen LogP contribution in [0.15, 0.2) is 62.5 Å². The van der Waals surface area contributed by atoms with E-state index in [1.165, 1.54) is 36.0 Å². The number of carbonyl (C=O) groups excluding carboxylic acids is 2. The number of benzene rings is 2. The van der Waals surface area contributed by atoms with Gasteiger partial charge in [0.2, 0.25) is 9.84 Å². The van der Waals surface area contributed by atoms with Crippen molar-refractivity contribution in [1.82, 2.24) is 0 Å². The van der Waals surface area contributed by atoms with E-state index in [-0.39, 0.29) is 21.4 Å². The van der Waals surface area contributed by atoms with Crippen molar-refractivity contribution in [3.63, 3.8) is 0 Å². The van der Waals surface area contributed by atoms with Crippen LogP contribution in [0.1, 0.15) is 22.4 Å². The van der Waals surface area contributed by atoms with E-state index >= 15 is 0 Å². The molecule has 1 atom stereocenters. The number of nitrogens with two attached hydrogens (primary N) is 1. The molecule has 0 saturated carbocycles. The van der Waals surface area contributed by atoms with Crippen LogP contribution in [0.25, 0.3) is 11.1 Å². The van der Waals surface area contributed by atoms with E-state index in [2.05, 4.69) is 4.74 Å². The monoisotopic (exact) mass is 660 g/mol. The lowest BCUT2D eigenvalue weighted by Gasteiger charge is -2.17. The van der Waals surface area contributed by atoms with E-state index in [1.807, 2.05) is 0 Å². The Bertz CT molecular complexity index is 1650. The smallest absolute Gasteiger partial charge is 0.481 e. The number of hydrogen-bond acceptors (Lipinski definition) is 10. The van der Waals surface area contributed by atoms with E-state index in [0.29, 0.717) is 43.1 Å². The number of thioether (sulfide) groups is 2. The molecule has 4 N–H and O–H groups in total. The number of aliphatic carboxylic acids is 1. The first-order valence-corrected chi connectivity index (χ1v) is 16.3. The van der Waals surface area contributed by atoms with Crippen LogP contribution in [0.5, 0.6) is 0 Å². The zero-order chi connectivity index (χ0) is 31.4. The zero-order valence-corrected chi connectivity index (χ0v) is 25.1. The second-order valence-electron chi connectivity index (χ2n) is 8.62. The SMILES string of the molecule is CSc1sc(C(=N)N)cc1S(=O)(=O)c1cccc(-c2c(C)cccc2CSC(CC(=O)O)C(=O)OC(=O)C(F)(F)F)c1. The second-order valence-corrected chi connectivity index (χ2v) is 13.9. The van der Waals surface area contributed by atoms with E-state index in [4.69, 9.17) is 16.2 Å². The molecule has 1 heterocycles. The van der Waals surface area contributed by atoms with Gasteiger partial charge in [-0.15, -0.1) is 34.9 Å². The number of hydrogen-bond donors (Lipinski definition) is 3. The third-order valence-corrected chi connectivity index (χ3v) is 11.3. The lowest BCUT2D eigenvalue weighted by atomic mass is 9.96. The molecule has 3 aromatic rings. The summed E-state index contributed by atoms with van der Waals surface area (Å²) >= 11 is 2.96. The highest BCUT2D eigenvalue weighted by molar-refractivity contribution is 8.01. The van der Waals surface area contributed by atoms with Gasteiger partial charge < -0.3 is 15.6 Å². The first-order chi connectivity index (χ1) is 19.6. The van der Waals surface area contributed by atoms with Crippen molar-refractivity contribution in [2.24, 2.45) is 5.73 Å². The van der Waals surface area contributed by atoms with Gasteiger partial charge in [-0.05, 0) is 53.6 Å². The average molecular weight is 661 g/mol. The Morgan fingerprint density at radius 1 is 1.14 bits per heavy atom. The molecule has 1 unspecified atom stereocenters. The Hall–Kier alpha value is -3.34. The quantitative estimate of drug-likeness (QED) is 0.0811. The minimum absolute atomic E-state index is 0.00587. The summed E-state index contributed by atoms with van der Waals surface area (Å²) in [6, 6.07) is 12.5. The number of nitrogen functional groups attached to an aromatic ring is 1. The number of sulfone groups is 1. The van der Waals surface area contributed by atoms with Gasteiger partial charge >= 0.3 is 24.1 Å². The van der Waals surface area contributed by atoms with Gasteiger partial charge in [0.05, 0.1) is 25.3 Å². The highest BCUT2D eigenvalue weighted by Crippen LogP contribution is 2.39. The molecule has 42 heavy (non-hydrogen) atoms. The first kappa shape index (κ1) is 33.2. The number of halogens is 3. The van der Waals surface area contributed by atoms with Gasteiger partial charge in [0.15, 0.2) is 0 Å². The summed E-state index contributed by atoms with van der Waals surface area (Å²) in [5.41, 5.74) is 7.83. The van der Waals surface area contributed by atoms with Gasteiger partial charge in [-0.2, -0.15) is 13.2 Å². The number of carboxylic acid groups (broad SMARTS) is 1. The minimum Gasteiger partial charge on any atom is -0.481 e. The molecule has 0 amide bonds. The fourth-order valence-electron chi connectivity index (χ4n) is 3.80. The number of nitrogens with one attached hydrogen (secondary N) is 1. The van der Waals surface area contributed by atoms with Crippen LogP contribution in [-0.4, -0.2) is 54.9 Å². The van der Waals surface area contributed by atoms with Crippen molar-refractivity contribution < 1.29 is 45.8 Å². The Balaban J connectivity index is 1.98. The third kappa shape index (κ3) is 7.73. The van der Waals surface area contributed by atoms with Crippen molar-refractivity contribution in [3.05, 3.63) is 64.5 Å². The van der Waals surface area contributed by atoms with Crippen molar-refractivity contribution in [1.29, 1.82) is 5.41 Å². The number of alkyl halides is 3. The number of aryl methyl sites for hydroxylation is 1. The number of carboxylic acids is 1. The molecular formula is C26H23F3N2O7S4. The lowest BCUT2D eigenvalue weighted by Crippen LogP contribution is -2.33. The number of carbonyl (C=O) groups is 3. The second kappa shape index (κ2) is 13.3. The maximum absolute atomic E-state index is 13.6. The van der Waals surface area contributed by atoms with Crippen LogP contribution in [0.3, 0.4) is 0 Å². The predicted molar refractivity (Wildman–Crippen MR) is 154 cm³/mol. The van der Waals surface area contributed by atoms with Crippen LogP contribution in [0, 0.1) is 12.3 Å². The normalized spacial score (nSPS) is 12.5. The minimum atomic E-state index is -5.43. The Morgan fingerprint density at radius 2 is 1.81 bits per heavy atom. The van der Waals surface area contributed by atoms with Crippen LogP contribution >= 0.6 is 34.9 Å². The third-order valence-electron chi connectivity index (χ3n) is 5.69. The Morgan fingerprint density at radius 3 is 2.40 bits per heavy atom. The highest BCUT2D eigenvalue weighted by atomic mass is 32.2. The van der Waals surface area contributed by atoms with Crippen LogP contribution in [0.2, 0.25) is 0 Å². The van der Waals surface area contributed by atoms with Crippen LogP contribution < -0.4 is 5.73 Å². The molecule has 0 bridgehead atoms. The van der Waals surface area contributed by atoms with Gasteiger partial charge in [-0.3, -0.25) is 15.0 Å². The molecule has 16 heteroatoms. The number of amidine groups is 1. The van der Waals surface area contributed by atoms with Gasteiger partial charge in [-0.1, -0.05) is 30.3 Å².